The number of hydrogen-bond acceptors (Lipinski definition) is 3. The van der Waals surface area contributed by atoms with Gasteiger partial charge in [0, 0.05) is 23.5 Å². The second-order valence-electron chi connectivity index (χ2n) is 6.25. The summed E-state index contributed by atoms with van der Waals surface area (Å²) in [5, 5.41) is 0.758. The van der Waals surface area contributed by atoms with Crippen LogP contribution in [0.5, 0.6) is 0 Å². The number of unbranched alkanes of at least 4 members (excludes halogenated alkanes) is 5. The summed E-state index contributed by atoms with van der Waals surface area (Å²) in [7, 11) is 0. The highest BCUT2D eigenvalue weighted by Gasteiger charge is 2.17. The Hall–Kier alpha value is -1.88. The molecule has 132 valence electrons. The number of nitrogens with two attached hydrogens (primary N) is 1. The summed E-state index contributed by atoms with van der Waals surface area (Å²) in [6.07, 6.45) is 8.95. The summed E-state index contributed by atoms with van der Waals surface area (Å²) < 4.78 is 18.6. The summed E-state index contributed by atoms with van der Waals surface area (Å²) in [6.45, 7) is 2.60. The van der Waals surface area contributed by atoms with Crippen LogP contribution in [0.15, 0.2) is 24.4 Å². The first-order valence-corrected chi connectivity index (χ1v) is 8.79. The zero-order valence-corrected chi connectivity index (χ0v) is 14.3. The fourth-order valence-electron chi connectivity index (χ4n) is 2.80. The molecular weight excluding hydrogens is 307 g/mol. The van der Waals surface area contributed by atoms with Crippen molar-refractivity contribution in [2.75, 3.05) is 6.61 Å². The van der Waals surface area contributed by atoms with E-state index >= 15 is 0 Å². The van der Waals surface area contributed by atoms with Gasteiger partial charge in [-0.15, -0.1) is 0 Å². The van der Waals surface area contributed by atoms with E-state index in [2.05, 4.69) is 11.9 Å². The molecular formula is C19H27FN2O2. The number of fused-ring (bicyclic) bond motifs is 1. The quantitative estimate of drug-likeness (QED) is 0.508. The molecule has 0 saturated heterocycles. The average molecular weight is 334 g/mol. The Morgan fingerprint density at radius 3 is 2.79 bits per heavy atom. The molecule has 3 N–H and O–H groups in total. The van der Waals surface area contributed by atoms with Gasteiger partial charge in [0.25, 0.3) is 0 Å². The van der Waals surface area contributed by atoms with Gasteiger partial charge < -0.3 is 15.5 Å². The van der Waals surface area contributed by atoms with Crippen LogP contribution in [0.1, 0.15) is 51.0 Å². The van der Waals surface area contributed by atoms with Gasteiger partial charge in [-0.2, -0.15) is 0 Å². The highest BCUT2D eigenvalue weighted by Crippen LogP contribution is 2.20. The van der Waals surface area contributed by atoms with Crippen molar-refractivity contribution >= 4 is 16.9 Å². The normalized spacial score (nSPS) is 12.5. The molecule has 1 aromatic heterocycles. The third-order valence-corrected chi connectivity index (χ3v) is 4.21. The molecule has 24 heavy (non-hydrogen) atoms. The van der Waals surface area contributed by atoms with Gasteiger partial charge >= 0.3 is 5.97 Å². The number of esters is 1. The van der Waals surface area contributed by atoms with E-state index in [1.165, 1.54) is 37.8 Å². The Balaban J connectivity index is 1.76. The van der Waals surface area contributed by atoms with Gasteiger partial charge in [-0.05, 0) is 30.2 Å². The summed E-state index contributed by atoms with van der Waals surface area (Å²) in [5.74, 6) is -0.697. The van der Waals surface area contributed by atoms with E-state index in [9.17, 15) is 9.18 Å². The number of carbonyl (C=O) groups excluding carboxylic acids is 1. The van der Waals surface area contributed by atoms with E-state index in [4.69, 9.17) is 10.5 Å². The Kier molecular flexibility index (Phi) is 7.25. The third-order valence-electron chi connectivity index (χ3n) is 4.21. The predicted molar refractivity (Wildman–Crippen MR) is 94.3 cm³/mol. The SMILES string of the molecule is CCCCCCCCOC(=O)C(N)Cc1c[nH]c2ccc(F)cc12. The van der Waals surface area contributed by atoms with Gasteiger partial charge in [0.1, 0.15) is 11.9 Å². The third kappa shape index (κ3) is 5.34. The van der Waals surface area contributed by atoms with Crippen LogP contribution in [-0.4, -0.2) is 23.6 Å². The van der Waals surface area contributed by atoms with Gasteiger partial charge in [-0.3, -0.25) is 4.79 Å². The van der Waals surface area contributed by atoms with Crippen LogP contribution in [-0.2, 0) is 16.0 Å². The van der Waals surface area contributed by atoms with Crippen LogP contribution < -0.4 is 5.73 Å². The van der Waals surface area contributed by atoms with Crippen LogP contribution in [0.2, 0.25) is 0 Å². The lowest BCUT2D eigenvalue weighted by molar-refractivity contribution is -0.145. The summed E-state index contributed by atoms with van der Waals surface area (Å²) in [5.41, 5.74) is 7.60. The number of rotatable bonds is 10. The summed E-state index contributed by atoms with van der Waals surface area (Å²) >= 11 is 0. The molecule has 0 spiro atoms. The topological polar surface area (TPSA) is 68.1 Å². The highest BCUT2D eigenvalue weighted by molar-refractivity contribution is 5.84. The molecule has 0 aliphatic rings. The van der Waals surface area contributed by atoms with Crippen LogP contribution in [0, 0.1) is 5.82 Å². The smallest absolute Gasteiger partial charge is 0.323 e. The summed E-state index contributed by atoms with van der Waals surface area (Å²) in [4.78, 5) is 15.0. The zero-order valence-electron chi connectivity index (χ0n) is 14.3. The first kappa shape index (κ1) is 18.5. The minimum absolute atomic E-state index is 0.303. The van der Waals surface area contributed by atoms with Crippen molar-refractivity contribution in [2.24, 2.45) is 5.73 Å². The monoisotopic (exact) mass is 334 g/mol. The molecule has 1 aromatic carbocycles. The van der Waals surface area contributed by atoms with Crippen LogP contribution in [0.25, 0.3) is 10.9 Å². The maximum atomic E-state index is 13.4. The Labute approximate surface area is 142 Å². The lowest BCUT2D eigenvalue weighted by Crippen LogP contribution is -2.34. The molecule has 0 aliphatic heterocycles. The fraction of sp³-hybridized carbons (Fsp3) is 0.526. The first-order chi connectivity index (χ1) is 11.6. The van der Waals surface area contributed by atoms with E-state index in [1.54, 1.807) is 12.3 Å². The molecule has 0 aliphatic carbocycles. The molecule has 0 bridgehead atoms. The standard InChI is InChI=1S/C19H27FN2O2/c1-2-3-4-5-6-7-10-24-19(23)17(21)11-14-13-22-18-9-8-15(20)12-16(14)18/h8-9,12-13,17,22H,2-7,10-11,21H2,1H3. The Morgan fingerprint density at radius 1 is 1.25 bits per heavy atom. The number of benzene rings is 1. The number of H-pyrrole nitrogens is 1. The van der Waals surface area contributed by atoms with Gasteiger partial charge in [-0.1, -0.05) is 39.0 Å². The summed E-state index contributed by atoms with van der Waals surface area (Å²) in [6, 6.07) is 3.80. The molecule has 1 heterocycles. The van der Waals surface area contributed by atoms with Crippen molar-refractivity contribution in [1.82, 2.24) is 4.98 Å². The molecule has 4 nitrogen and oxygen atoms in total. The minimum Gasteiger partial charge on any atom is -0.465 e. The largest absolute Gasteiger partial charge is 0.465 e. The lowest BCUT2D eigenvalue weighted by Gasteiger charge is -2.11. The van der Waals surface area contributed by atoms with Gasteiger partial charge in [0.05, 0.1) is 6.61 Å². The zero-order chi connectivity index (χ0) is 17.4. The molecule has 0 saturated carbocycles. The maximum Gasteiger partial charge on any atom is 0.323 e. The predicted octanol–water partition coefficient (Wildman–Crippen LogP) is 4.08. The Bertz CT molecular complexity index is 654. The van der Waals surface area contributed by atoms with Crippen molar-refractivity contribution in [2.45, 2.75) is 57.9 Å². The Morgan fingerprint density at radius 2 is 2.00 bits per heavy atom. The fourth-order valence-corrected chi connectivity index (χ4v) is 2.80. The van der Waals surface area contributed by atoms with E-state index in [-0.39, 0.29) is 5.82 Å². The number of aromatic amines is 1. The lowest BCUT2D eigenvalue weighted by atomic mass is 10.1. The molecule has 2 rings (SSSR count). The van der Waals surface area contributed by atoms with Crippen molar-refractivity contribution in [1.29, 1.82) is 0 Å². The van der Waals surface area contributed by atoms with Crippen molar-refractivity contribution in [3.05, 3.63) is 35.8 Å². The van der Waals surface area contributed by atoms with Gasteiger partial charge in [-0.25, -0.2) is 4.39 Å². The van der Waals surface area contributed by atoms with E-state index in [0.29, 0.717) is 13.0 Å². The number of ether oxygens (including phenoxy) is 1. The molecule has 0 amide bonds. The number of carbonyl (C=O) groups is 1. The second kappa shape index (κ2) is 9.42. The van der Waals surface area contributed by atoms with Crippen LogP contribution >= 0.6 is 0 Å². The second-order valence-corrected chi connectivity index (χ2v) is 6.25. The molecule has 0 fully saturated rings. The highest BCUT2D eigenvalue weighted by atomic mass is 19.1. The van der Waals surface area contributed by atoms with Crippen molar-refractivity contribution in [3.8, 4) is 0 Å². The maximum absolute atomic E-state index is 13.4. The van der Waals surface area contributed by atoms with Crippen LogP contribution in [0.4, 0.5) is 4.39 Å². The van der Waals surface area contributed by atoms with E-state index in [1.807, 2.05) is 0 Å². The van der Waals surface area contributed by atoms with E-state index in [0.717, 1.165) is 29.3 Å². The first-order valence-electron chi connectivity index (χ1n) is 8.79. The number of hydrogen-bond donors (Lipinski definition) is 2. The average Bonchev–Trinajstić information content (AvgIpc) is 2.96. The number of aromatic nitrogens is 1. The molecule has 2 aromatic rings. The van der Waals surface area contributed by atoms with Crippen LogP contribution in [0.3, 0.4) is 0 Å². The van der Waals surface area contributed by atoms with Crippen molar-refractivity contribution in [3.63, 3.8) is 0 Å². The van der Waals surface area contributed by atoms with Gasteiger partial charge in [0.15, 0.2) is 0 Å². The van der Waals surface area contributed by atoms with E-state index < -0.39 is 12.0 Å². The number of halogens is 1. The minimum atomic E-state index is -0.729. The van der Waals surface area contributed by atoms with Gasteiger partial charge in [0.2, 0.25) is 0 Å². The molecule has 0 radical (unpaired) electrons. The number of nitrogens with one attached hydrogen (secondary N) is 1. The molecule has 1 unspecified atom stereocenters. The molecule has 1 atom stereocenters. The van der Waals surface area contributed by atoms with Crippen molar-refractivity contribution < 1.29 is 13.9 Å². The molecule has 5 heteroatoms.